The summed E-state index contributed by atoms with van der Waals surface area (Å²) in [6.45, 7) is 2.43. The Balaban J connectivity index is 2.31. The fourth-order valence-electron chi connectivity index (χ4n) is 1.99. The van der Waals surface area contributed by atoms with E-state index in [1.807, 2.05) is 55.5 Å². The van der Waals surface area contributed by atoms with Crippen LogP contribution in [0.3, 0.4) is 0 Å². The van der Waals surface area contributed by atoms with E-state index in [9.17, 15) is 4.79 Å². The van der Waals surface area contributed by atoms with Crippen molar-refractivity contribution in [1.29, 1.82) is 0 Å². The van der Waals surface area contributed by atoms with Gasteiger partial charge in [0.15, 0.2) is 0 Å². The van der Waals surface area contributed by atoms with Crippen LogP contribution < -0.4 is 4.74 Å². The summed E-state index contributed by atoms with van der Waals surface area (Å²) in [4.78, 5) is 10.6. The molecule has 0 heterocycles. The summed E-state index contributed by atoms with van der Waals surface area (Å²) in [5.41, 5.74) is 3.22. The first-order valence-corrected chi connectivity index (χ1v) is 6.23. The van der Waals surface area contributed by atoms with Gasteiger partial charge in [-0.05, 0) is 29.7 Å². The zero-order chi connectivity index (χ0) is 13.5. The molecule has 0 bridgehead atoms. The maximum absolute atomic E-state index is 10.6. The Kier molecular flexibility index (Phi) is 4.51. The highest BCUT2D eigenvalue weighted by Gasteiger charge is 2.05. The van der Waals surface area contributed by atoms with Gasteiger partial charge in [0.1, 0.15) is 5.75 Å². The average molecular weight is 252 g/mol. The zero-order valence-corrected chi connectivity index (χ0v) is 10.9. The first-order valence-electron chi connectivity index (χ1n) is 6.23. The first kappa shape index (κ1) is 13.1. The number of benzene rings is 2. The van der Waals surface area contributed by atoms with E-state index in [1.165, 1.54) is 5.56 Å². The SMILES string of the molecule is CC=Cc1ccc(Cc2ccccc2)c(OC=O)c1. The maximum Gasteiger partial charge on any atom is 0.298 e. The predicted molar refractivity (Wildman–Crippen MR) is 77.1 cm³/mol. The lowest BCUT2D eigenvalue weighted by Crippen LogP contribution is -1.96. The fraction of sp³-hybridized carbons (Fsp3) is 0.118. The molecule has 2 rings (SSSR count). The number of rotatable bonds is 5. The Labute approximate surface area is 113 Å². The van der Waals surface area contributed by atoms with E-state index in [4.69, 9.17) is 4.74 Å². The molecule has 0 N–H and O–H groups in total. The van der Waals surface area contributed by atoms with Gasteiger partial charge >= 0.3 is 0 Å². The molecule has 0 saturated heterocycles. The molecule has 19 heavy (non-hydrogen) atoms. The molecular weight excluding hydrogens is 236 g/mol. The van der Waals surface area contributed by atoms with Gasteiger partial charge in [0.25, 0.3) is 6.47 Å². The summed E-state index contributed by atoms with van der Waals surface area (Å²) in [5, 5.41) is 0. The first-order chi connectivity index (χ1) is 9.33. The van der Waals surface area contributed by atoms with Gasteiger partial charge in [0.05, 0.1) is 0 Å². The molecule has 96 valence electrons. The van der Waals surface area contributed by atoms with E-state index in [2.05, 4.69) is 12.1 Å². The third-order valence-electron chi connectivity index (χ3n) is 2.86. The summed E-state index contributed by atoms with van der Waals surface area (Å²) in [6.07, 6.45) is 4.68. The Morgan fingerprint density at radius 1 is 1.11 bits per heavy atom. The Hall–Kier alpha value is -2.35. The standard InChI is InChI=1S/C17H16O2/c1-2-6-14-9-10-16(17(12-14)19-13-18)11-15-7-4-3-5-8-15/h2-10,12-13H,11H2,1H3. The van der Waals surface area contributed by atoms with E-state index in [0.717, 1.165) is 17.5 Å². The minimum absolute atomic E-state index is 0.475. The molecule has 0 spiro atoms. The zero-order valence-electron chi connectivity index (χ0n) is 10.9. The molecule has 0 unspecified atom stereocenters. The molecular formula is C17H16O2. The number of hydrogen-bond acceptors (Lipinski definition) is 2. The van der Waals surface area contributed by atoms with Crippen LogP contribution >= 0.6 is 0 Å². The van der Waals surface area contributed by atoms with Crippen LogP contribution in [0.2, 0.25) is 0 Å². The van der Waals surface area contributed by atoms with Gasteiger partial charge < -0.3 is 4.74 Å². The van der Waals surface area contributed by atoms with Crippen LogP contribution in [0.25, 0.3) is 6.08 Å². The van der Waals surface area contributed by atoms with Crippen molar-refractivity contribution in [2.75, 3.05) is 0 Å². The lowest BCUT2D eigenvalue weighted by atomic mass is 10.0. The molecule has 0 radical (unpaired) electrons. The third kappa shape index (κ3) is 3.55. The molecule has 2 heteroatoms. The Morgan fingerprint density at radius 3 is 2.58 bits per heavy atom. The minimum atomic E-state index is 0.475. The maximum atomic E-state index is 10.6. The van der Waals surface area contributed by atoms with Gasteiger partial charge in [-0.15, -0.1) is 0 Å². The average Bonchev–Trinajstić information content (AvgIpc) is 2.43. The second-order valence-electron chi connectivity index (χ2n) is 4.24. The summed E-state index contributed by atoms with van der Waals surface area (Å²) >= 11 is 0. The number of carbonyl (C=O) groups excluding carboxylic acids is 1. The van der Waals surface area contributed by atoms with Crippen LogP contribution in [0.1, 0.15) is 23.6 Å². The quantitative estimate of drug-likeness (QED) is 0.756. The van der Waals surface area contributed by atoms with Crippen molar-refractivity contribution in [3.63, 3.8) is 0 Å². The Bertz CT molecular complexity index is 571. The van der Waals surface area contributed by atoms with Crippen LogP contribution in [0.4, 0.5) is 0 Å². The lowest BCUT2D eigenvalue weighted by Gasteiger charge is -2.08. The second kappa shape index (κ2) is 6.55. The van der Waals surface area contributed by atoms with Gasteiger partial charge in [-0.25, -0.2) is 0 Å². The van der Waals surface area contributed by atoms with Crippen molar-refractivity contribution in [3.8, 4) is 5.75 Å². The largest absolute Gasteiger partial charge is 0.428 e. The molecule has 0 fully saturated rings. The van der Waals surface area contributed by atoms with Crippen LogP contribution in [-0.4, -0.2) is 6.47 Å². The molecule has 2 aromatic carbocycles. The van der Waals surface area contributed by atoms with Crippen LogP contribution in [0.5, 0.6) is 5.75 Å². The highest BCUT2D eigenvalue weighted by atomic mass is 16.5. The molecule has 0 aliphatic heterocycles. The number of allylic oxidation sites excluding steroid dienone is 1. The van der Waals surface area contributed by atoms with E-state index in [1.54, 1.807) is 0 Å². The predicted octanol–water partition coefficient (Wildman–Crippen LogP) is 3.85. The van der Waals surface area contributed by atoms with Gasteiger partial charge in [0, 0.05) is 6.42 Å². The fourth-order valence-corrected chi connectivity index (χ4v) is 1.99. The van der Waals surface area contributed by atoms with Gasteiger partial charge in [-0.1, -0.05) is 54.6 Å². The van der Waals surface area contributed by atoms with Crippen LogP contribution in [-0.2, 0) is 11.2 Å². The van der Waals surface area contributed by atoms with Crippen molar-refractivity contribution < 1.29 is 9.53 Å². The number of ether oxygens (including phenoxy) is 1. The highest BCUT2D eigenvalue weighted by Crippen LogP contribution is 2.23. The van der Waals surface area contributed by atoms with Gasteiger partial charge in [-0.3, -0.25) is 4.79 Å². The van der Waals surface area contributed by atoms with Crippen LogP contribution in [0, 0.1) is 0 Å². The topological polar surface area (TPSA) is 26.3 Å². The normalized spacial score (nSPS) is 10.6. The van der Waals surface area contributed by atoms with E-state index < -0.39 is 0 Å². The summed E-state index contributed by atoms with van der Waals surface area (Å²) < 4.78 is 5.08. The van der Waals surface area contributed by atoms with Gasteiger partial charge in [-0.2, -0.15) is 0 Å². The summed E-state index contributed by atoms with van der Waals surface area (Å²) in [5.74, 6) is 0.620. The van der Waals surface area contributed by atoms with Crippen molar-refractivity contribution in [2.24, 2.45) is 0 Å². The number of carbonyl (C=O) groups is 1. The summed E-state index contributed by atoms with van der Waals surface area (Å²) in [7, 11) is 0. The second-order valence-corrected chi connectivity index (χ2v) is 4.24. The highest BCUT2D eigenvalue weighted by molar-refractivity contribution is 5.57. The third-order valence-corrected chi connectivity index (χ3v) is 2.86. The molecule has 0 aliphatic rings. The van der Waals surface area contributed by atoms with Crippen molar-refractivity contribution in [3.05, 3.63) is 71.3 Å². The van der Waals surface area contributed by atoms with Crippen molar-refractivity contribution in [1.82, 2.24) is 0 Å². The van der Waals surface area contributed by atoms with Crippen molar-refractivity contribution in [2.45, 2.75) is 13.3 Å². The number of hydrogen-bond donors (Lipinski definition) is 0. The molecule has 0 amide bonds. The van der Waals surface area contributed by atoms with E-state index in [0.29, 0.717) is 12.2 Å². The molecule has 0 saturated carbocycles. The summed E-state index contributed by atoms with van der Waals surface area (Å²) in [6, 6.07) is 16.0. The van der Waals surface area contributed by atoms with Crippen LogP contribution in [0.15, 0.2) is 54.6 Å². The minimum Gasteiger partial charge on any atom is -0.428 e. The lowest BCUT2D eigenvalue weighted by molar-refractivity contribution is -0.120. The monoisotopic (exact) mass is 252 g/mol. The molecule has 2 aromatic rings. The smallest absolute Gasteiger partial charge is 0.298 e. The molecule has 0 atom stereocenters. The molecule has 0 aromatic heterocycles. The van der Waals surface area contributed by atoms with Crippen molar-refractivity contribution >= 4 is 12.5 Å². The Morgan fingerprint density at radius 2 is 1.89 bits per heavy atom. The van der Waals surface area contributed by atoms with E-state index >= 15 is 0 Å². The molecule has 0 aliphatic carbocycles. The van der Waals surface area contributed by atoms with Gasteiger partial charge in [0.2, 0.25) is 0 Å². The van der Waals surface area contributed by atoms with E-state index in [-0.39, 0.29) is 0 Å². The molecule has 2 nitrogen and oxygen atoms in total.